The Bertz CT molecular complexity index is 553. The molecule has 1 N–H and O–H groups in total. The van der Waals surface area contributed by atoms with Crippen molar-refractivity contribution >= 4 is 0 Å². The van der Waals surface area contributed by atoms with E-state index in [1.54, 1.807) is 6.07 Å². The summed E-state index contributed by atoms with van der Waals surface area (Å²) in [4.78, 5) is 0. The number of hydrogen-bond acceptors (Lipinski definition) is 1. The molecule has 0 aromatic heterocycles. The third-order valence-corrected chi connectivity index (χ3v) is 3.82. The van der Waals surface area contributed by atoms with Crippen LogP contribution in [0.1, 0.15) is 50.3 Å². The summed E-state index contributed by atoms with van der Waals surface area (Å²) in [5, 5.41) is 10.3. The van der Waals surface area contributed by atoms with Gasteiger partial charge in [-0.25, -0.2) is 0 Å². The lowest BCUT2D eigenvalue weighted by molar-refractivity contribution is 0.450. The predicted octanol–water partition coefficient (Wildman–Crippen LogP) is 4.84. The molecule has 0 spiro atoms. The van der Waals surface area contributed by atoms with Gasteiger partial charge in [-0.1, -0.05) is 70.2 Å². The molecule has 1 heteroatoms. The summed E-state index contributed by atoms with van der Waals surface area (Å²) in [6.07, 6.45) is 0. The van der Waals surface area contributed by atoms with Gasteiger partial charge in [0, 0.05) is 11.0 Å². The van der Waals surface area contributed by atoms with E-state index in [1.165, 1.54) is 11.1 Å². The highest BCUT2D eigenvalue weighted by molar-refractivity contribution is 5.50. The molecular weight excluding hydrogens is 232 g/mol. The van der Waals surface area contributed by atoms with Crippen LogP contribution in [-0.4, -0.2) is 5.11 Å². The van der Waals surface area contributed by atoms with Crippen LogP contribution in [0, 0.1) is 0 Å². The van der Waals surface area contributed by atoms with Crippen LogP contribution >= 0.6 is 0 Å². The minimum atomic E-state index is -0.202. The molecule has 0 atom stereocenters. The first-order chi connectivity index (χ1) is 8.94. The number of aromatic hydroxyl groups is 1. The van der Waals surface area contributed by atoms with Gasteiger partial charge < -0.3 is 5.11 Å². The quantitative estimate of drug-likeness (QED) is 0.830. The summed E-state index contributed by atoms with van der Waals surface area (Å²) < 4.78 is 0. The second-order valence-electron chi connectivity index (χ2n) is 5.89. The maximum absolute atomic E-state index is 10.3. The van der Waals surface area contributed by atoms with Gasteiger partial charge in [-0.05, 0) is 23.1 Å². The fourth-order valence-electron chi connectivity index (χ4n) is 2.72. The lowest BCUT2D eigenvalue weighted by atomic mass is 9.74. The Morgan fingerprint density at radius 1 is 0.895 bits per heavy atom. The van der Waals surface area contributed by atoms with Crippen molar-refractivity contribution in [1.82, 2.24) is 0 Å². The van der Waals surface area contributed by atoms with Crippen LogP contribution < -0.4 is 0 Å². The molecule has 0 bridgehead atoms. The third-order valence-electron chi connectivity index (χ3n) is 3.82. The van der Waals surface area contributed by atoms with Crippen molar-refractivity contribution in [3.8, 4) is 5.75 Å². The van der Waals surface area contributed by atoms with E-state index in [-0.39, 0.29) is 5.41 Å². The average Bonchev–Trinajstić information content (AvgIpc) is 2.39. The molecule has 1 nitrogen and oxygen atoms in total. The van der Waals surface area contributed by atoms with Gasteiger partial charge in [0.15, 0.2) is 0 Å². The maximum Gasteiger partial charge on any atom is 0.119 e. The van der Waals surface area contributed by atoms with E-state index in [9.17, 15) is 5.11 Å². The van der Waals surface area contributed by atoms with Crippen LogP contribution in [0.4, 0.5) is 0 Å². The van der Waals surface area contributed by atoms with Crippen molar-refractivity contribution in [2.24, 2.45) is 0 Å². The highest BCUT2D eigenvalue weighted by atomic mass is 16.3. The van der Waals surface area contributed by atoms with Crippen molar-refractivity contribution in [1.29, 1.82) is 0 Å². The highest BCUT2D eigenvalue weighted by Gasteiger charge is 2.29. The number of rotatable bonds is 3. The van der Waals surface area contributed by atoms with Crippen LogP contribution in [0.3, 0.4) is 0 Å². The zero-order valence-electron chi connectivity index (χ0n) is 12.1. The average molecular weight is 254 g/mol. The topological polar surface area (TPSA) is 20.2 Å². The highest BCUT2D eigenvalue weighted by Crippen LogP contribution is 2.41. The number of phenolic OH excluding ortho intramolecular Hbond substituents is 1. The molecule has 0 saturated heterocycles. The fourth-order valence-corrected chi connectivity index (χ4v) is 2.72. The van der Waals surface area contributed by atoms with Gasteiger partial charge in [-0.2, -0.15) is 0 Å². The van der Waals surface area contributed by atoms with Crippen LogP contribution in [0.25, 0.3) is 0 Å². The summed E-state index contributed by atoms with van der Waals surface area (Å²) in [5.74, 6) is 0.783. The molecule has 0 amide bonds. The zero-order chi connectivity index (χ0) is 14.0. The molecule has 100 valence electrons. The summed E-state index contributed by atoms with van der Waals surface area (Å²) in [7, 11) is 0. The Morgan fingerprint density at radius 3 is 2.11 bits per heavy atom. The minimum absolute atomic E-state index is 0.202. The van der Waals surface area contributed by atoms with Gasteiger partial charge >= 0.3 is 0 Å². The predicted molar refractivity (Wildman–Crippen MR) is 80.8 cm³/mol. The Labute approximate surface area is 115 Å². The second-order valence-corrected chi connectivity index (χ2v) is 5.89. The molecule has 0 saturated carbocycles. The van der Waals surface area contributed by atoms with E-state index in [0.29, 0.717) is 11.7 Å². The van der Waals surface area contributed by atoms with Crippen molar-refractivity contribution in [3.05, 3.63) is 65.2 Å². The van der Waals surface area contributed by atoms with E-state index in [0.717, 1.165) is 5.56 Å². The van der Waals surface area contributed by atoms with E-state index in [1.807, 2.05) is 24.3 Å². The Morgan fingerprint density at radius 2 is 1.53 bits per heavy atom. The number of benzene rings is 2. The molecule has 0 aliphatic rings. The summed E-state index contributed by atoms with van der Waals surface area (Å²) in [6, 6.07) is 16.2. The molecule has 0 unspecified atom stereocenters. The molecule has 2 aromatic rings. The standard InChI is InChI=1S/C18H22O/c1-13(2)15-11-8-12-16(19)17(15)18(3,4)14-9-6-5-7-10-14/h5-13,19H,1-4H3. The fraction of sp³-hybridized carbons (Fsp3) is 0.333. The first kappa shape index (κ1) is 13.7. The van der Waals surface area contributed by atoms with Crippen molar-refractivity contribution < 1.29 is 5.11 Å². The van der Waals surface area contributed by atoms with Gasteiger partial charge in [0.25, 0.3) is 0 Å². The van der Waals surface area contributed by atoms with E-state index < -0.39 is 0 Å². The summed E-state index contributed by atoms with van der Waals surface area (Å²) >= 11 is 0. The molecule has 2 rings (SSSR count). The summed E-state index contributed by atoms with van der Waals surface area (Å²) in [5.41, 5.74) is 3.27. The van der Waals surface area contributed by atoms with Gasteiger partial charge in [0.1, 0.15) is 5.75 Å². The van der Waals surface area contributed by atoms with Gasteiger partial charge in [0.2, 0.25) is 0 Å². The molecule has 0 radical (unpaired) electrons. The van der Waals surface area contributed by atoms with Crippen molar-refractivity contribution in [2.75, 3.05) is 0 Å². The molecule has 0 aliphatic carbocycles. The lowest BCUT2D eigenvalue weighted by Gasteiger charge is -2.30. The first-order valence-corrected chi connectivity index (χ1v) is 6.82. The first-order valence-electron chi connectivity index (χ1n) is 6.82. The van der Waals surface area contributed by atoms with Crippen LogP contribution in [0.5, 0.6) is 5.75 Å². The lowest BCUT2D eigenvalue weighted by Crippen LogP contribution is -2.21. The van der Waals surface area contributed by atoms with E-state index in [2.05, 4.69) is 45.9 Å². The maximum atomic E-state index is 10.3. The molecular formula is C18H22O. The minimum Gasteiger partial charge on any atom is -0.508 e. The monoisotopic (exact) mass is 254 g/mol. The van der Waals surface area contributed by atoms with Crippen LogP contribution in [0.15, 0.2) is 48.5 Å². The zero-order valence-corrected chi connectivity index (χ0v) is 12.1. The van der Waals surface area contributed by atoms with Crippen molar-refractivity contribution in [3.63, 3.8) is 0 Å². The Hall–Kier alpha value is -1.76. The van der Waals surface area contributed by atoms with Crippen molar-refractivity contribution in [2.45, 2.75) is 39.0 Å². The smallest absolute Gasteiger partial charge is 0.119 e. The Balaban J connectivity index is 2.64. The van der Waals surface area contributed by atoms with E-state index in [4.69, 9.17) is 0 Å². The molecule has 2 aromatic carbocycles. The van der Waals surface area contributed by atoms with Crippen LogP contribution in [-0.2, 0) is 5.41 Å². The molecule has 19 heavy (non-hydrogen) atoms. The summed E-state index contributed by atoms with van der Waals surface area (Å²) in [6.45, 7) is 8.67. The SMILES string of the molecule is CC(C)c1cccc(O)c1C(C)(C)c1ccccc1. The van der Waals surface area contributed by atoms with Gasteiger partial charge in [0.05, 0.1) is 0 Å². The molecule has 0 heterocycles. The Kier molecular flexibility index (Phi) is 3.66. The molecule has 0 aliphatic heterocycles. The number of phenols is 1. The van der Waals surface area contributed by atoms with Gasteiger partial charge in [-0.3, -0.25) is 0 Å². The normalized spacial score (nSPS) is 11.8. The van der Waals surface area contributed by atoms with E-state index >= 15 is 0 Å². The number of hydrogen-bond donors (Lipinski definition) is 1. The van der Waals surface area contributed by atoms with Crippen LogP contribution in [0.2, 0.25) is 0 Å². The third kappa shape index (κ3) is 2.51. The molecule has 0 fully saturated rings. The second kappa shape index (κ2) is 5.08. The van der Waals surface area contributed by atoms with Gasteiger partial charge in [-0.15, -0.1) is 0 Å². The largest absolute Gasteiger partial charge is 0.508 e.